The molecule has 0 fully saturated rings. The van der Waals surface area contributed by atoms with Crippen LogP contribution in [-0.2, 0) is 50.5 Å². The van der Waals surface area contributed by atoms with E-state index in [9.17, 15) is 0 Å². The van der Waals surface area contributed by atoms with Crippen LogP contribution in [0.2, 0.25) is 0 Å². The van der Waals surface area contributed by atoms with Crippen molar-refractivity contribution in [3.05, 3.63) is 48.5 Å². The standard InChI is InChI=1S/C14H16N2S2.Mo.2O/c17-13-7-3-1-5-11(13)15-9-10-16-12-6-2-4-8-14(12)18;;;/h1-8,15-18H,9-10H2;;;/p-2. The van der Waals surface area contributed by atoms with E-state index >= 15 is 0 Å². The van der Waals surface area contributed by atoms with Crippen LogP contribution in [0.3, 0.4) is 0 Å². The minimum Gasteiger partial charge on any atom is -0.778 e. The molecular weight excluding hydrogens is 388 g/mol. The molecule has 0 atom stereocenters. The molecule has 0 radical (unpaired) electrons. The quantitative estimate of drug-likeness (QED) is 0.456. The topological polar surface area (TPSA) is 58.2 Å². The van der Waals surface area contributed by atoms with Gasteiger partial charge in [0, 0.05) is 24.5 Å². The number of nitrogens with one attached hydrogen (secondary N) is 2. The third kappa shape index (κ3) is 6.84. The Hall–Kier alpha value is -1.23. The smallest absolute Gasteiger partial charge is 0.0320 e. The minimum atomic E-state index is -2.03. The summed E-state index contributed by atoms with van der Waals surface area (Å²) in [4.78, 5) is 1.70. The zero-order valence-corrected chi connectivity index (χ0v) is 14.7. The molecule has 0 aliphatic heterocycles. The second-order valence-electron chi connectivity index (χ2n) is 3.91. The molecule has 2 rings (SSSR count). The summed E-state index contributed by atoms with van der Waals surface area (Å²) in [6.45, 7) is 1.61. The normalized spacial score (nSPS) is 9.14. The molecule has 0 bridgehead atoms. The van der Waals surface area contributed by atoms with Crippen molar-refractivity contribution in [2.24, 2.45) is 0 Å². The SMILES string of the molecule is [O]=[Mo]=[O].[S-]c1ccccc1NCCNc1ccccc1[S-]. The van der Waals surface area contributed by atoms with E-state index in [2.05, 4.69) is 10.6 Å². The van der Waals surface area contributed by atoms with Crippen LogP contribution >= 0.6 is 0 Å². The average molecular weight is 402 g/mol. The fourth-order valence-corrected chi connectivity index (χ4v) is 2.06. The molecule has 112 valence electrons. The summed E-state index contributed by atoms with van der Waals surface area (Å²) in [6, 6.07) is 15.7. The van der Waals surface area contributed by atoms with Gasteiger partial charge in [0.15, 0.2) is 0 Å². The van der Waals surface area contributed by atoms with Gasteiger partial charge in [-0.1, -0.05) is 36.4 Å². The van der Waals surface area contributed by atoms with Crippen LogP contribution in [0.25, 0.3) is 0 Å². The van der Waals surface area contributed by atoms with Gasteiger partial charge in [-0.25, -0.2) is 0 Å². The summed E-state index contributed by atoms with van der Waals surface area (Å²) >= 11 is 8.40. The van der Waals surface area contributed by atoms with Crippen molar-refractivity contribution in [2.45, 2.75) is 9.79 Å². The largest absolute Gasteiger partial charge is 0.778 e. The molecule has 0 heterocycles. The Kier molecular flexibility index (Phi) is 8.90. The minimum absolute atomic E-state index is 0.803. The summed E-state index contributed by atoms with van der Waals surface area (Å²) in [6.07, 6.45) is 0. The zero-order chi connectivity index (χ0) is 15.5. The Bertz CT molecular complexity index is 558. The summed E-state index contributed by atoms with van der Waals surface area (Å²) in [7, 11) is 0. The Labute approximate surface area is 143 Å². The predicted molar refractivity (Wildman–Crippen MR) is 82.5 cm³/mol. The zero-order valence-electron chi connectivity index (χ0n) is 11.1. The maximum atomic E-state index is 8.50. The second kappa shape index (κ2) is 10.5. The molecule has 0 unspecified atom stereocenters. The van der Waals surface area contributed by atoms with E-state index in [-0.39, 0.29) is 0 Å². The first-order valence-corrected chi connectivity index (χ1v) is 8.56. The maximum Gasteiger partial charge on any atom is 0.0320 e. The van der Waals surface area contributed by atoms with Crippen LogP contribution in [0.4, 0.5) is 11.4 Å². The van der Waals surface area contributed by atoms with Crippen molar-refractivity contribution in [3.8, 4) is 0 Å². The van der Waals surface area contributed by atoms with E-state index in [4.69, 9.17) is 32.1 Å². The van der Waals surface area contributed by atoms with Gasteiger partial charge in [0.05, 0.1) is 0 Å². The van der Waals surface area contributed by atoms with Gasteiger partial charge in [-0.15, -0.1) is 0 Å². The maximum absolute atomic E-state index is 8.50. The van der Waals surface area contributed by atoms with Crippen molar-refractivity contribution in [2.75, 3.05) is 23.7 Å². The number of hydrogen-bond acceptors (Lipinski definition) is 6. The Morgan fingerprint density at radius 2 is 1.10 bits per heavy atom. The second-order valence-corrected chi connectivity index (χ2v) is 5.13. The van der Waals surface area contributed by atoms with Crippen LogP contribution in [0.5, 0.6) is 0 Å². The molecule has 0 saturated carbocycles. The molecule has 0 amide bonds. The van der Waals surface area contributed by atoms with Gasteiger partial charge >= 0.3 is 25.3 Å². The van der Waals surface area contributed by atoms with Crippen molar-refractivity contribution < 1.29 is 25.3 Å². The van der Waals surface area contributed by atoms with Gasteiger partial charge in [-0.05, 0) is 12.1 Å². The molecule has 0 saturated heterocycles. The van der Waals surface area contributed by atoms with E-state index in [0.717, 1.165) is 34.3 Å². The van der Waals surface area contributed by atoms with Crippen molar-refractivity contribution in [1.82, 2.24) is 0 Å². The van der Waals surface area contributed by atoms with Gasteiger partial charge in [-0.3, -0.25) is 0 Å². The molecule has 2 aromatic rings. The third-order valence-corrected chi connectivity index (χ3v) is 3.24. The number of rotatable bonds is 5. The molecule has 0 aliphatic carbocycles. The van der Waals surface area contributed by atoms with E-state index < -0.39 is 18.5 Å². The molecule has 0 spiro atoms. The van der Waals surface area contributed by atoms with Crippen LogP contribution in [0, 0.1) is 0 Å². The van der Waals surface area contributed by atoms with Gasteiger partial charge in [0.25, 0.3) is 0 Å². The molecule has 0 aromatic heterocycles. The first kappa shape index (κ1) is 17.8. The van der Waals surface area contributed by atoms with Gasteiger partial charge in [-0.2, -0.15) is 9.79 Å². The molecule has 2 N–H and O–H groups in total. The van der Waals surface area contributed by atoms with Crippen LogP contribution in [0.15, 0.2) is 58.3 Å². The molecule has 21 heavy (non-hydrogen) atoms. The molecule has 7 heteroatoms. The number of anilines is 2. The van der Waals surface area contributed by atoms with Crippen LogP contribution in [0.1, 0.15) is 0 Å². The molecule has 0 aliphatic rings. The molecule has 2 aromatic carbocycles. The first-order chi connectivity index (χ1) is 10.2. The van der Waals surface area contributed by atoms with Crippen molar-refractivity contribution in [3.63, 3.8) is 0 Å². The van der Waals surface area contributed by atoms with E-state index in [1.807, 2.05) is 48.5 Å². The molecular formula is C14H14MoN2O2S2-2. The summed E-state index contributed by atoms with van der Waals surface area (Å²) < 4.78 is 17.0. The number of para-hydroxylation sites is 2. The fourth-order valence-electron chi connectivity index (χ4n) is 1.62. The van der Waals surface area contributed by atoms with E-state index in [1.54, 1.807) is 0 Å². The van der Waals surface area contributed by atoms with Crippen LogP contribution < -0.4 is 10.6 Å². The van der Waals surface area contributed by atoms with Crippen molar-refractivity contribution >= 4 is 36.6 Å². The Morgan fingerprint density at radius 3 is 1.43 bits per heavy atom. The van der Waals surface area contributed by atoms with Gasteiger partial charge in [0.1, 0.15) is 0 Å². The number of benzene rings is 2. The van der Waals surface area contributed by atoms with Gasteiger partial charge in [0.2, 0.25) is 0 Å². The summed E-state index contributed by atoms with van der Waals surface area (Å²) in [5.41, 5.74) is 2.00. The Balaban J connectivity index is 0.000000677. The van der Waals surface area contributed by atoms with E-state index in [0.29, 0.717) is 0 Å². The summed E-state index contributed by atoms with van der Waals surface area (Å²) in [5, 5.41) is 6.60. The van der Waals surface area contributed by atoms with Crippen LogP contribution in [-0.4, -0.2) is 13.1 Å². The monoisotopic (exact) mass is 404 g/mol. The van der Waals surface area contributed by atoms with Crippen molar-refractivity contribution in [1.29, 1.82) is 0 Å². The fraction of sp³-hybridized carbons (Fsp3) is 0.143. The molecule has 4 nitrogen and oxygen atoms in total. The predicted octanol–water partition coefficient (Wildman–Crippen LogP) is 2.78. The Morgan fingerprint density at radius 1 is 0.762 bits per heavy atom. The number of hydrogen-bond donors (Lipinski definition) is 2. The average Bonchev–Trinajstić information content (AvgIpc) is 2.48. The van der Waals surface area contributed by atoms with Gasteiger partial charge < -0.3 is 35.9 Å². The summed E-state index contributed by atoms with van der Waals surface area (Å²) in [5.74, 6) is 0. The third-order valence-electron chi connectivity index (χ3n) is 2.53. The first-order valence-electron chi connectivity index (χ1n) is 6.10. The van der Waals surface area contributed by atoms with E-state index in [1.165, 1.54) is 0 Å².